The van der Waals surface area contributed by atoms with Gasteiger partial charge in [0.15, 0.2) is 5.78 Å². The van der Waals surface area contributed by atoms with Crippen LogP contribution in [-0.4, -0.2) is 22.0 Å². The lowest BCUT2D eigenvalue weighted by Crippen LogP contribution is -2.16. The fourth-order valence-corrected chi connectivity index (χ4v) is 2.25. The summed E-state index contributed by atoms with van der Waals surface area (Å²) in [4.78, 5) is 22.6. The minimum atomic E-state index is -0.970. The molecule has 1 aromatic rings. The number of Topliss-reactive ketones (excluding diaryl/α,β-unsaturated/α-hetero) is 1. The first-order valence-electron chi connectivity index (χ1n) is 5.09. The smallest absolute Gasteiger partial charge is 0.304 e. The molecule has 4 heteroatoms. The Labute approximate surface area is 92.5 Å². The van der Waals surface area contributed by atoms with Crippen LogP contribution in [0.15, 0.2) is 18.2 Å². The average molecular weight is 220 g/mol. The Balaban J connectivity index is 2.40. The summed E-state index contributed by atoms with van der Waals surface area (Å²) in [6, 6.07) is 4.55. The van der Waals surface area contributed by atoms with Gasteiger partial charge in [-0.2, -0.15) is 0 Å². The van der Waals surface area contributed by atoms with Crippen molar-refractivity contribution in [2.75, 3.05) is 0 Å². The molecule has 0 saturated carbocycles. The van der Waals surface area contributed by atoms with E-state index in [-0.39, 0.29) is 23.9 Å². The first kappa shape index (κ1) is 10.7. The molecule has 0 spiro atoms. The number of phenolic OH excluding ortho intramolecular Hbond substituents is 1. The molecule has 84 valence electrons. The molecule has 1 aliphatic carbocycles. The van der Waals surface area contributed by atoms with Gasteiger partial charge in [-0.05, 0) is 29.7 Å². The Hall–Kier alpha value is -1.84. The highest BCUT2D eigenvalue weighted by Crippen LogP contribution is 2.40. The van der Waals surface area contributed by atoms with E-state index >= 15 is 0 Å². The molecule has 0 saturated heterocycles. The molecule has 1 aliphatic rings. The summed E-state index contributed by atoms with van der Waals surface area (Å²) >= 11 is 0. The number of carboxylic acid groups (broad SMARTS) is 1. The van der Waals surface area contributed by atoms with E-state index in [0.717, 1.165) is 5.56 Å². The van der Waals surface area contributed by atoms with Gasteiger partial charge in [0.1, 0.15) is 5.75 Å². The van der Waals surface area contributed by atoms with Crippen molar-refractivity contribution in [2.45, 2.75) is 19.3 Å². The Bertz CT molecular complexity index is 464. The van der Waals surface area contributed by atoms with E-state index in [1.165, 1.54) is 6.07 Å². The summed E-state index contributed by atoms with van der Waals surface area (Å²) < 4.78 is 0. The van der Waals surface area contributed by atoms with Crippen molar-refractivity contribution in [1.82, 2.24) is 0 Å². The molecule has 0 aromatic heterocycles. The fraction of sp³-hybridized carbons (Fsp3) is 0.333. The van der Waals surface area contributed by atoms with Gasteiger partial charge >= 0.3 is 5.97 Å². The van der Waals surface area contributed by atoms with Crippen LogP contribution in [0.3, 0.4) is 0 Å². The second kappa shape index (κ2) is 3.63. The van der Waals surface area contributed by atoms with E-state index in [9.17, 15) is 14.7 Å². The van der Waals surface area contributed by atoms with Gasteiger partial charge in [0.05, 0.1) is 6.42 Å². The van der Waals surface area contributed by atoms with Crippen molar-refractivity contribution in [2.24, 2.45) is 5.92 Å². The maximum Gasteiger partial charge on any atom is 0.304 e. The zero-order valence-electron chi connectivity index (χ0n) is 8.80. The third-order valence-corrected chi connectivity index (χ3v) is 3.13. The van der Waals surface area contributed by atoms with Crippen LogP contribution < -0.4 is 0 Å². The first-order valence-corrected chi connectivity index (χ1v) is 5.09. The number of aromatic hydroxyl groups is 1. The normalized spacial score (nSPS) is 23.2. The van der Waals surface area contributed by atoms with Crippen LogP contribution in [0.25, 0.3) is 0 Å². The summed E-state index contributed by atoms with van der Waals surface area (Å²) in [7, 11) is 0. The number of fused-ring (bicyclic) bond motifs is 1. The maximum absolute atomic E-state index is 11.9. The number of aliphatic carboxylic acids is 1. The Kier molecular flexibility index (Phi) is 2.42. The number of hydrogen-bond acceptors (Lipinski definition) is 3. The third kappa shape index (κ3) is 1.56. The molecular weight excluding hydrogens is 208 g/mol. The van der Waals surface area contributed by atoms with Crippen LogP contribution >= 0.6 is 0 Å². The topological polar surface area (TPSA) is 74.6 Å². The minimum Gasteiger partial charge on any atom is -0.508 e. The second-order valence-electron chi connectivity index (χ2n) is 4.13. The van der Waals surface area contributed by atoms with Gasteiger partial charge < -0.3 is 10.2 Å². The number of benzene rings is 1. The van der Waals surface area contributed by atoms with Crippen molar-refractivity contribution < 1.29 is 19.8 Å². The van der Waals surface area contributed by atoms with Gasteiger partial charge in [-0.3, -0.25) is 9.59 Å². The van der Waals surface area contributed by atoms with Gasteiger partial charge in [0, 0.05) is 11.5 Å². The van der Waals surface area contributed by atoms with E-state index in [0.29, 0.717) is 5.56 Å². The van der Waals surface area contributed by atoms with Crippen LogP contribution in [0.4, 0.5) is 0 Å². The summed E-state index contributed by atoms with van der Waals surface area (Å²) in [6.07, 6.45) is -0.157. The largest absolute Gasteiger partial charge is 0.508 e. The van der Waals surface area contributed by atoms with E-state index in [4.69, 9.17) is 5.11 Å². The van der Waals surface area contributed by atoms with E-state index in [1.54, 1.807) is 12.1 Å². The number of phenols is 1. The number of hydrogen-bond donors (Lipinski definition) is 2. The van der Waals surface area contributed by atoms with Crippen molar-refractivity contribution in [1.29, 1.82) is 0 Å². The summed E-state index contributed by atoms with van der Waals surface area (Å²) in [5.41, 5.74) is 1.29. The molecule has 1 aromatic carbocycles. The molecule has 0 heterocycles. The Morgan fingerprint density at radius 3 is 2.75 bits per heavy atom. The number of ketones is 1. The van der Waals surface area contributed by atoms with Crippen molar-refractivity contribution in [3.63, 3.8) is 0 Å². The van der Waals surface area contributed by atoms with E-state index in [2.05, 4.69) is 0 Å². The quantitative estimate of drug-likeness (QED) is 0.796. The lowest BCUT2D eigenvalue weighted by molar-refractivity contribution is -0.137. The molecule has 0 radical (unpaired) electrons. The predicted octanol–water partition coefficient (Wildman–Crippen LogP) is 1.78. The van der Waals surface area contributed by atoms with E-state index in [1.807, 2.05) is 6.92 Å². The highest BCUT2D eigenvalue weighted by atomic mass is 16.4. The maximum atomic E-state index is 11.9. The van der Waals surface area contributed by atoms with Crippen LogP contribution in [-0.2, 0) is 4.79 Å². The van der Waals surface area contributed by atoms with Crippen LogP contribution in [0, 0.1) is 5.92 Å². The standard InChI is InChI=1S/C12H12O4/c1-6-9-4-7(13)2-3-8(9)12(16)10(6)5-11(14)15/h2-4,6,10,13H,5H2,1H3,(H,14,15). The molecule has 0 fully saturated rings. The first-order chi connectivity index (χ1) is 7.50. The van der Waals surface area contributed by atoms with Crippen LogP contribution in [0.2, 0.25) is 0 Å². The highest BCUT2D eigenvalue weighted by molar-refractivity contribution is 6.04. The summed E-state index contributed by atoms with van der Waals surface area (Å²) in [6.45, 7) is 1.82. The Morgan fingerprint density at radius 2 is 2.12 bits per heavy atom. The van der Waals surface area contributed by atoms with Crippen molar-refractivity contribution in [3.8, 4) is 5.75 Å². The van der Waals surface area contributed by atoms with Crippen LogP contribution in [0.5, 0.6) is 5.75 Å². The number of carbonyl (C=O) groups excluding carboxylic acids is 1. The Morgan fingerprint density at radius 1 is 1.44 bits per heavy atom. The second-order valence-corrected chi connectivity index (χ2v) is 4.13. The molecule has 2 unspecified atom stereocenters. The molecule has 2 atom stereocenters. The molecule has 2 rings (SSSR count). The third-order valence-electron chi connectivity index (χ3n) is 3.13. The molecule has 0 bridgehead atoms. The fourth-order valence-electron chi connectivity index (χ4n) is 2.25. The van der Waals surface area contributed by atoms with Crippen LogP contribution in [0.1, 0.15) is 35.2 Å². The van der Waals surface area contributed by atoms with Gasteiger partial charge in [-0.15, -0.1) is 0 Å². The number of carboxylic acids is 1. The molecule has 0 aliphatic heterocycles. The average Bonchev–Trinajstić information content (AvgIpc) is 2.43. The van der Waals surface area contributed by atoms with Crippen molar-refractivity contribution in [3.05, 3.63) is 29.3 Å². The monoisotopic (exact) mass is 220 g/mol. The predicted molar refractivity (Wildman–Crippen MR) is 56.6 cm³/mol. The zero-order chi connectivity index (χ0) is 11.9. The number of carbonyl (C=O) groups is 2. The van der Waals surface area contributed by atoms with Gasteiger partial charge in [0.2, 0.25) is 0 Å². The highest BCUT2D eigenvalue weighted by Gasteiger charge is 2.38. The van der Waals surface area contributed by atoms with Gasteiger partial charge in [-0.1, -0.05) is 6.92 Å². The van der Waals surface area contributed by atoms with Gasteiger partial charge in [-0.25, -0.2) is 0 Å². The molecule has 2 N–H and O–H groups in total. The molecule has 16 heavy (non-hydrogen) atoms. The molecular formula is C12H12O4. The summed E-state index contributed by atoms with van der Waals surface area (Å²) in [5, 5.41) is 18.1. The molecule has 4 nitrogen and oxygen atoms in total. The zero-order valence-corrected chi connectivity index (χ0v) is 8.80. The minimum absolute atomic E-state index is 0.106. The SMILES string of the molecule is CC1c2cc(O)ccc2C(=O)C1CC(=O)O. The lowest BCUT2D eigenvalue weighted by atomic mass is 9.91. The molecule has 0 amide bonds. The van der Waals surface area contributed by atoms with Crippen molar-refractivity contribution >= 4 is 11.8 Å². The lowest BCUT2D eigenvalue weighted by Gasteiger charge is -2.11. The number of rotatable bonds is 2. The van der Waals surface area contributed by atoms with E-state index < -0.39 is 11.9 Å². The summed E-state index contributed by atoms with van der Waals surface area (Å²) in [5.74, 6) is -1.65. The van der Waals surface area contributed by atoms with Gasteiger partial charge in [0.25, 0.3) is 0 Å².